The van der Waals surface area contributed by atoms with Crippen molar-refractivity contribution >= 4 is 15.9 Å². The van der Waals surface area contributed by atoms with Crippen molar-refractivity contribution in [2.45, 2.75) is 19.3 Å². The lowest BCUT2D eigenvalue weighted by atomic mass is 10.1. The van der Waals surface area contributed by atoms with E-state index in [2.05, 4.69) is 22.0 Å². The summed E-state index contributed by atoms with van der Waals surface area (Å²) in [4.78, 5) is 0. The monoisotopic (exact) mass is 190 g/mol. The molecule has 1 aliphatic carbocycles. The molecule has 0 aliphatic heterocycles. The van der Waals surface area contributed by atoms with Crippen LogP contribution >= 0.6 is 15.9 Å². The van der Waals surface area contributed by atoms with Crippen LogP contribution < -0.4 is 0 Å². The van der Waals surface area contributed by atoms with Gasteiger partial charge in [0, 0.05) is 6.61 Å². The Morgan fingerprint density at radius 1 is 1.78 bits per heavy atom. The predicted molar refractivity (Wildman–Crippen MR) is 41.4 cm³/mol. The zero-order chi connectivity index (χ0) is 6.69. The fourth-order valence-corrected chi connectivity index (χ4v) is 1.85. The summed E-state index contributed by atoms with van der Waals surface area (Å²) in [5.41, 5.74) is 0. The van der Waals surface area contributed by atoms with Crippen molar-refractivity contribution in [1.82, 2.24) is 0 Å². The van der Waals surface area contributed by atoms with Crippen molar-refractivity contribution in [1.29, 1.82) is 0 Å². The number of aliphatic hydroxyl groups excluding tert-OH is 1. The van der Waals surface area contributed by atoms with Crippen molar-refractivity contribution in [3.8, 4) is 0 Å². The third-order valence-electron chi connectivity index (χ3n) is 1.72. The van der Waals surface area contributed by atoms with Crippen LogP contribution in [0.15, 0.2) is 10.6 Å². The molecule has 1 rings (SSSR count). The molecule has 0 amide bonds. The van der Waals surface area contributed by atoms with E-state index in [-0.39, 0.29) is 0 Å². The van der Waals surface area contributed by atoms with E-state index in [4.69, 9.17) is 5.11 Å². The molecule has 0 saturated carbocycles. The maximum atomic E-state index is 8.60. The topological polar surface area (TPSA) is 20.2 Å². The van der Waals surface area contributed by atoms with Crippen LogP contribution in [0.1, 0.15) is 19.3 Å². The Morgan fingerprint density at radius 3 is 3.00 bits per heavy atom. The number of hydrogen-bond acceptors (Lipinski definition) is 1. The van der Waals surface area contributed by atoms with Crippen molar-refractivity contribution in [3.05, 3.63) is 10.6 Å². The Balaban J connectivity index is 2.34. The number of allylic oxidation sites excluding steroid dienone is 2. The maximum Gasteiger partial charge on any atom is 0.0437 e. The first-order valence-corrected chi connectivity index (χ1v) is 4.10. The SMILES string of the molecule is OCCC1CCC=C1Br. The van der Waals surface area contributed by atoms with Gasteiger partial charge in [0.1, 0.15) is 0 Å². The Morgan fingerprint density at radius 2 is 2.56 bits per heavy atom. The van der Waals surface area contributed by atoms with Gasteiger partial charge in [0.25, 0.3) is 0 Å². The number of halogens is 1. The lowest BCUT2D eigenvalue weighted by molar-refractivity contribution is 0.268. The molecule has 1 unspecified atom stereocenters. The molecule has 1 aliphatic rings. The first-order chi connectivity index (χ1) is 4.34. The lowest BCUT2D eigenvalue weighted by Gasteiger charge is -2.06. The highest BCUT2D eigenvalue weighted by Gasteiger charge is 2.15. The summed E-state index contributed by atoms with van der Waals surface area (Å²) in [7, 11) is 0. The van der Waals surface area contributed by atoms with Gasteiger partial charge in [-0.15, -0.1) is 0 Å². The summed E-state index contributed by atoms with van der Waals surface area (Å²) < 4.78 is 1.29. The molecule has 1 atom stereocenters. The summed E-state index contributed by atoms with van der Waals surface area (Å²) in [6.45, 7) is 0.313. The first kappa shape index (κ1) is 7.29. The zero-order valence-corrected chi connectivity index (χ0v) is 6.89. The quantitative estimate of drug-likeness (QED) is 0.708. The molecule has 0 saturated heterocycles. The van der Waals surface area contributed by atoms with E-state index < -0.39 is 0 Å². The van der Waals surface area contributed by atoms with Gasteiger partial charge in [-0.05, 0) is 29.7 Å². The Labute approximate surface area is 63.9 Å². The zero-order valence-electron chi connectivity index (χ0n) is 5.31. The normalized spacial score (nSPS) is 26.4. The number of aliphatic hydroxyl groups is 1. The maximum absolute atomic E-state index is 8.60. The van der Waals surface area contributed by atoms with Crippen LogP contribution in [0.25, 0.3) is 0 Å². The van der Waals surface area contributed by atoms with E-state index in [1.165, 1.54) is 17.3 Å². The molecule has 52 valence electrons. The molecule has 1 N–H and O–H groups in total. The molecule has 0 heterocycles. The van der Waals surface area contributed by atoms with Crippen LogP contribution in [0.5, 0.6) is 0 Å². The molecule has 0 radical (unpaired) electrons. The third-order valence-corrected chi connectivity index (χ3v) is 2.69. The first-order valence-electron chi connectivity index (χ1n) is 3.31. The van der Waals surface area contributed by atoms with E-state index in [0.717, 1.165) is 6.42 Å². The number of hydrogen-bond donors (Lipinski definition) is 1. The predicted octanol–water partition coefficient (Wildman–Crippen LogP) is 2.06. The molecule has 0 aromatic heterocycles. The van der Waals surface area contributed by atoms with Gasteiger partial charge in [-0.1, -0.05) is 22.0 Å². The van der Waals surface area contributed by atoms with Gasteiger partial charge in [0.15, 0.2) is 0 Å². The van der Waals surface area contributed by atoms with Crippen molar-refractivity contribution in [3.63, 3.8) is 0 Å². The van der Waals surface area contributed by atoms with Crippen molar-refractivity contribution < 1.29 is 5.11 Å². The summed E-state index contributed by atoms with van der Waals surface area (Å²) in [6.07, 6.45) is 5.49. The summed E-state index contributed by atoms with van der Waals surface area (Å²) in [5.74, 6) is 0.606. The van der Waals surface area contributed by atoms with Crippen LogP contribution in [0.2, 0.25) is 0 Å². The molecule has 1 nitrogen and oxygen atoms in total. The van der Waals surface area contributed by atoms with E-state index in [1.54, 1.807) is 0 Å². The average molecular weight is 191 g/mol. The van der Waals surface area contributed by atoms with Gasteiger partial charge in [-0.2, -0.15) is 0 Å². The molecule has 0 bridgehead atoms. The van der Waals surface area contributed by atoms with Crippen LogP contribution in [-0.4, -0.2) is 11.7 Å². The Bertz CT molecular complexity index is 120. The molecule has 9 heavy (non-hydrogen) atoms. The van der Waals surface area contributed by atoms with Gasteiger partial charge in [0.2, 0.25) is 0 Å². The molecule has 0 fully saturated rings. The van der Waals surface area contributed by atoms with Gasteiger partial charge in [-0.3, -0.25) is 0 Å². The Kier molecular flexibility index (Phi) is 2.73. The van der Waals surface area contributed by atoms with Crippen LogP contribution in [0.4, 0.5) is 0 Å². The minimum Gasteiger partial charge on any atom is -0.396 e. The van der Waals surface area contributed by atoms with Gasteiger partial charge < -0.3 is 5.11 Å². The van der Waals surface area contributed by atoms with Crippen LogP contribution in [-0.2, 0) is 0 Å². The molecular formula is C7H11BrO. The highest BCUT2D eigenvalue weighted by atomic mass is 79.9. The average Bonchev–Trinajstić information content (AvgIpc) is 2.18. The third kappa shape index (κ3) is 1.80. The summed E-state index contributed by atoms with van der Waals surface area (Å²) in [6, 6.07) is 0. The largest absolute Gasteiger partial charge is 0.396 e. The molecule has 0 aromatic rings. The van der Waals surface area contributed by atoms with Crippen LogP contribution in [0.3, 0.4) is 0 Å². The van der Waals surface area contributed by atoms with Gasteiger partial charge in [-0.25, -0.2) is 0 Å². The van der Waals surface area contributed by atoms with Crippen molar-refractivity contribution in [2.75, 3.05) is 6.61 Å². The van der Waals surface area contributed by atoms with E-state index >= 15 is 0 Å². The Hall–Kier alpha value is 0.180. The second-order valence-electron chi connectivity index (χ2n) is 2.38. The second-order valence-corrected chi connectivity index (χ2v) is 3.29. The molecule has 2 heteroatoms. The molecular weight excluding hydrogens is 180 g/mol. The standard InChI is InChI=1S/C7H11BrO/c8-7-3-1-2-6(7)4-5-9/h3,6,9H,1-2,4-5H2. The smallest absolute Gasteiger partial charge is 0.0437 e. The molecule has 0 aromatic carbocycles. The second kappa shape index (κ2) is 3.37. The fourth-order valence-electron chi connectivity index (χ4n) is 1.17. The minimum absolute atomic E-state index is 0.313. The van der Waals surface area contributed by atoms with E-state index in [0.29, 0.717) is 12.5 Å². The summed E-state index contributed by atoms with van der Waals surface area (Å²) in [5, 5.41) is 8.60. The van der Waals surface area contributed by atoms with Crippen molar-refractivity contribution in [2.24, 2.45) is 5.92 Å². The molecule has 0 spiro atoms. The minimum atomic E-state index is 0.313. The lowest BCUT2D eigenvalue weighted by Crippen LogP contribution is -1.97. The van der Waals surface area contributed by atoms with E-state index in [1.807, 2.05) is 0 Å². The summed E-state index contributed by atoms with van der Waals surface area (Å²) >= 11 is 3.46. The van der Waals surface area contributed by atoms with Gasteiger partial charge >= 0.3 is 0 Å². The van der Waals surface area contributed by atoms with E-state index in [9.17, 15) is 0 Å². The van der Waals surface area contributed by atoms with Gasteiger partial charge in [0.05, 0.1) is 0 Å². The number of rotatable bonds is 2. The highest BCUT2D eigenvalue weighted by Crippen LogP contribution is 2.32. The highest BCUT2D eigenvalue weighted by molar-refractivity contribution is 9.11. The van der Waals surface area contributed by atoms with Crippen LogP contribution in [0, 0.1) is 5.92 Å². The fraction of sp³-hybridized carbons (Fsp3) is 0.714.